The van der Waals surface area contributed by atoms with Crippen LogP contribution < -0.4 is 19.5 Å². The molecular formula is C20H28IN3O3. The smallest absolute Gasteiger partial charge is 0.193 e. The second-order valence-corrected chi connectivity index (χ2v) is 5.70. The van der Waals surface area contributed by atoms with Gasteiger partial charge < -0.3 is 24.4 Å². The van der Waals surface area contributed by atoms with E-state index in [0.717, 1.165) is 29.8 Å². The summed E-state index contributed by atoms with van der Waals surface area (Å²) in [5.74, 6) is 3.30. The van der Waals surface area contributed by atoms with Crippen molar-refractivity contribution in [2.45, 2.75) is 6.54 Å². The summed E-state index contributed by atoms with van der Waals surface area (Å²) >= 11 is 0. The number of guanidine groups is 1. The minimum Gasteiger partial charge on any atom is -0.497 e. The Bertz CT molecular complexity index is 691. The van der Waals surface area contributed by atoms with Gasteiger partial charge in [-0.1, -0.05) is 12.1 Å². The highest BCUT2D eigenvalue weighted by Crippen LogP contribution is 2.16. The third-order valence-electron chi connectivity index (χ3n) is 3.87. The normalized spacial score (nSPS) is 10.6. The molecule has 0 fully saturated rings. The van der Waals surface area contributed by atoms with Crippen molar-refractivity contribution in [2.24, 2.45) is 4.99 Å². The molecule has 0 aromatic heterocycles. The summed E-state index contributed by atoms with van der Waals surface area (Å²) in [6.07, 6.45) is 0. The van der Waals surface area contributed by atoms with Gasteiger partial charge in [0, 0.05) is 20.6 Å². The zero-order valence-corrected chi connectivity index (χ0v) is 18.6. The fourth-order valence-electron chi connectivity index (χ4n) is 2.47. The van der Waals surface area contributed by atoms with Gasteiger partial charge in [0.2, 0.25) is 0 Å². The summed E-state index contributed by atoms with van der Waals surface area (Å²) in [5, 5.41) is 3.31. The van der Waals surface area contributed by atoms with Crippen LogP contribution in [-0.2, 0) is 6.54 Å². The van der Waals surface area contributed by atoms with Crippen LogP contribution in [-0.4, -0.2) is 52.3 Å². The standard InChI is InChI=1S/C20H27N3O3.HI/c1-21-20(23(2)15-16-5-7-17(24-3)8-6-16)22-13-14-26-19-11-9-18(25-4)10-12-19;/h5-12H,13-15H2,1-4H3,(H,21,22);1H. The van der Waals surface area contributed by atoms with Crippen LogP contribution in [0.15, 0.2) is 53.5 Å². The summed E-state index contributed by atoms with van der Waals surface area (Å²) in [4.78, 5) is 6.38. The predicted octanol–water partition coefficient (Wildman–Crippen LogP) is 3.41. The topological polar surface area (TPSA) is 55.3 Å². The minimum absolute atomic E-state index is 0. The van der Waals surface area contributed by atoms with Crippen molar-refractivity contribution < 1.29 is 14.2 Å². The first-order chi connectivity index (χ1) is 12.7. The predicted molar refractivity (Wildman–Crippen MR) is 120 cm³/mol. The molecule has 0 radical (unpaired) electrons. The molecule has 2 aromatic carbocycles. The number of hydrogen-bond donors (Lipinski definition) is 1. The zero-order valence-electron chi connectivity index (χ0n) is 16.3. The maximum absolute atomic E-state index is 5.72. The van der Waals surface area contributed by atoms with E-state index in [1.165, 1.54) is 5.56 Å². The summed E-state index contributed by atoms with van der Waals surface area (Å²) < 4.78 is 16.0. The summed E-state index contributed by atoms with van der Waals surface area (Å²) in [6, 6.07) is 15.6. The maximum Gasteiger partial charge on any atom is 0.193 e. The van der Waals surface area contributed by atoms with E-state index in [0.29, 0.717) is 13.2 Å². The number of ether oxygens (including phenoxy) is 3. The Balaban J connectivity index is 0.00000364. The molecule has 0 saturated heterocycles. The van der Waals surface area contributed by atoms with Crippen molar-refractivity contribution in [3.05, 3.63) is 54.1 Å². The molecule has 0 aliphatic carbocycles. The number of aliphatic imine (C=N–C) groups is 1. The lowest BCUT2D eigenvalue weighted by molar-refractivity contribution is 0.318. The highest BCUT2D eigenvalue weighted by molar-refractivity contribution is 14.0. The Morgan fingerprint density at radius 1 is 0.926 bits per heavy atom. The molecular weight excluding hydrogens is 457 g/mol. The van der Waals surface area contributed by atoms with Crippen LogP contribution in [0.25, 0.3) is 0 Å². The van der Waals surface area contributed by atoms with Gasteiger partial charge in [-0.3, -0.25) is 4.99 Å². The van der Waals surface area contributed by atoms with Gasteiger partial charge in [-0.2, -0.15) is 0 Å². The van der Waals surface area contributed by atoms with E-state index >= 15 is 0 Å². The van der Waals surface area contributed by atoms with Gasteiger partial charge in [0.25, 0.3) is 0 Å². The Kier molecular flexibility index (Phi) is 10.4. The van der Waals surface area contributed by atoms with Crippen molar-refractivity contribution in [1.29, 1.82) is 0 Å². The van der Waals surface area contributed by atoms with Crippen LogP contribution in [0.1, 0.15) is 5.56 Å². The lowest BCUT2D eigenvalue weighted by atomic mass is 10.2. The van der Waals surface area contributed by atoms with Crippen LogP contribution in [0.5, 0.6) is 17.2 Å². The van der Waals surface area contributed by atoms with Crippen molar-refractivity contribution >= 4 is 29.9 Å². The molecule has 7 heteroatoms. The number of methoxy groups -OCH3 is 2. The zero-order chi connectivity index (χ0) is 18.8. The van der Waals surface area contributed by atoms with Crippen LogP contribution in [0.2, 0.25) is 0 Å². The third kappa shape index (κ3) is 7.54. The van der Waals surface area contributed by atoms with Gasteiger partial charge in [0.05, 0.1) is 20.8 Å². The van der Waals surface area contributed by atoms with Gasteiger partial charge in [0.1, 0.15) is 23.9 Å². The van der Waals surface area contributed by atoms with Crippen LogP contribution in [0.4, 0.5) is 0 Å². The van der Waals surface area contributed by atoms with E-state index in [1.807, 2.05) is 43.4 Å². The Morgan fingerprint density at radius 2 is 1.44 bits per heavy atom. The fraction of sp³-hybridized carbons (Fsp3) is 0.350. The van der Waals surface area contributed by atoms with Gasteiger partial charge in [-0.05, 0) is 42.0 Å². The van der Waals surface area contributed by atoms with E-state index in [4.69, 9.17) is 14.2 Å². The van der Waals surface area contributed by atoms with E-state index < -0.39 is 0 Å². The largest absolute Gasteiger partial charge is 0.497 e. The molecule has 27 heavy (non-hydrogen) atoms. The SMILES string of the molecule is CN=C(NCCOc1ccc(OC)cc1)N(C)Cc1ccc(OC)cc1.I. The van der Waals surface area contributed by atoms with E-state index in [1.54, 1.807) is 21.3 Å². The molecule has 0 bridgehead atoms. The highest BCUT2D eigenvalue weighted by atomic mass is 127. The molecule has 0 aliphatic heterocycles. The van der Waals surface area contributed by atoms with E-state index in [2.05, 4.69) is 27.3 Å². The molecule has 0 aliphatic rings. The molecule has 0 saturated carbocycles. The highest BCUT2D eigenvalue weighted by Gasteiger charge is 2.06. The van der Waals surface area contributed by atoms with Gasteiger partial charge in [-0.15, -0.1) is 24.0 Å². The molecule has 0 heterocycles. The van der Waals surface area contributed by atoms with Gasteiger partial charge in [0.15, 0.2) is 5.96 Å². The first kappa shape index (κ1) is 22.9. The molecule has 1 N–H and O–H groups in total. The first-order valence-electron chi connectivity index (χ1n) is 8.48. The summed E-state index contributed by atoms with van der Waals surface area (Å²) in [5.41, 5.74) is 1.19. The van der Waals surface area contributed by atoms with E-state index in [-0.39, 0.29) is 24.0 Å². The average Bonchev–Trinajstić information content (AvgIpc) is 2.69. The van der Waals surface area contributed by atoms with Crippen molar-refractivity contribution in [1.82, 2.24) is 10.2 Å². The summed E-state index contributed by atoms with van der Waals surface area (Å²) in [7, 11) is 7.09. The fourth-order valence-corrected chi connectivity index (χ4v) is 2.47. The number of rotatable bonds is 8. The Hall–Kier alpha value is -2.16. The third-order valence-corrected chi connectivity index (χ3v) is 3.87. The van der Waals surface area contributed by atoms with Crippen molar-refractivity contribution in [3.8, 4) is 17.2 Å². The molecule has 0 spiro atoms. The molecule has 0 amide bonds. The van der Waals surface area contributed by atoms with Crippen LogP contribution in [0, 0.1) is 0 Å². The molecule has 2 rings (SSSR count). The Labute approximate surface area is 178 Å². The number of halogens is 1. The minimum atomic E-state index is 0. The Morgan fingerprint density at radius 3 is 1.96 bits per heavy atom. The number of nitrogens with zero attached hydrogens (tertiary/aromatic N) is 2. The molecule has 0 atom stereocenters. The number of nitrogens with one attached hydrogen (secondary N) is 1. The summed E-state index contributed by atoms with van der Waals surface area (Å²) in [6.45, 7) is 1.95. The molecule has 0 unspecified atom stereocenters. The lowest BCUT2D eigenvalue weighted by Gasteiger charge is -2.22. The van der Waals surface area contributed by atoms with Gasteiger partial charge in [-0.25, -0.2) is 0 Å². The van der Waals surface area contributed by atoms with Gasteiger partial charge >= 0.3 is 0 Å². The molecule has 6 nitrogen and oxygen atoms in total. The number of hydrogen-bond acceptors (Lipinski definition) is 4. The first-order valence-corrected chi connectivity index (χ1v) is 8.48. The monoisotopic (exact) mass is 485 g/mol. The number of benzene rings is 2. The van der Waals surface area contributed by atoms with E-state index in [9.17, 15) is 0 Å². The van der Waals surface area contributed by atoms with Crippen molar-refractivity contribution in [3.63, 3.8) is 0 Å². The second-order valence-electron chi connectivity index (χ2n) is 5.70. The van der Waals surface area contributed by atoms with Crippen LogP contribution in [0.3, 0.4) is 0 Å². The molecule has 148 valence electrons. The maximum atomic E-state index is 5.72. The lowest BCUT2D eigenvalue weighted by Crippen LogP contribution is -2.40. The second kappa shape index (κ2) is 12.3. The van der Waals surface area contributed by atoms with Crippen molar-refractivity contribution in [2.75, 3.05) is 41.5 Å². The average molecular weight is 485 g/mol. The molecule has 2 aromatic rings. The quantitative estimate of drug-likeness (QED) is 0.269. The van der Waals surface area contributed by atoms with Crippen LogP contribution >= 0.6 is 24.0 Å².